The van der Waals surface area contributed by atoms with Crippen molar-refractivity contribution in [2.75, 3.05) is 33.0 Å². The Morgan fingerprint density at radius 3 is 1.73 bits per heavy atom. The first kappa shape index (κ1) is 52.3. The molecular weight excluding hydrogens is 844 g/mol. The van der Waals surface area contributed by atoms with Gasteiger partial charge in [0, 0.05) is 6.42 Å². The van der Waals surface area contributed by atoms with Crippen molar-refractivity contribution in [3.63, 3.8) is 0 Å². The van der Waals surface area contributed by atoms with Crippen molar-refractivity contribution in [3.05, 3.63) is 0 Å². The first-order valence-electron chi connectivity index (χ1n) is 20.5. The van der Waals surface area contributed by atoms with Crippen LogP contribution in [0.25, 0.3) is 0 Å². The molecule has 0 aromatic carbocycles. The minimum atomic E-state index is -2.60. The molecule has 0 aliphatic carbocycles. The highest BCUT2D eigenvalue weighted by molar-refractivity contribution is 5.77. The molecule has 0 amide bonds. The second-order valence-corrected chi connectivity index (χ2v) is 15.6. The van der Waals surface area contributed by atoms with Crippen LogP contribution >= 0.6 is 0 Å². The quantitative estimate of drug-likeness (QED) is 0.0273. The molecule has 360 valence electrons. The highest BCUT2D eigenvalue weighted by Gasteiger charge is 2.59. The van der Waals surface area contributed by atoms with E-state index < -0.39 is 180 Å². The summed E-state index contributed by atoms with van der Waals surface area (Å²) in [5.41, 5.74) is 0. The first-order chi connectivity index (χ1) is 29.4. The van der Waals surface area contributed by atoms with Crippen molar-refractivity contribution in [2.45, 2.75) is 181 Å². The van der Waals surface area contributed by atoms with Crippen molar-refractivity contribution in [1.82, 2.24) is 0 Å². The lowest BCUT2D eigenvalue weighted by Crippen LogP contribution is -2.65. The summed E-state index contributed by atoms with van der Waals surface area (Å²) in [6.07, 6.45) is -29.3. The smallest absolute Gasteiger partial charge is 0.306 e. The minimum Gasteiger partial charge on any atom is -0.463 e. The molecule has 4 aliphatic heterocycles. The largest absolute Gasteiger partial charge is 0.463 e. The lowest BCUT2D eigenvalue weighted by atomic mass is 9.96. The summed E-state index contributed by atoms with van der Waals surface area (Å²) in [5.74, 6) is -5.67. The molecule has 4 saturated heterocycles. The van der Waals surface area contributed by atoms with E-state index in [9.17, 15) is 80.8 Å². The Morgan fingerprint density at radius 2 is 1.10 bits per heavy atom. The second-order valence-electron chi connectivity index (χ2n) is 15.6. The van der Waals surface area contributed by atoms with Crippen LogP contribution in [0, 0.1) is 0 Å². The lowest BCUT2D eigenvalue weighted by molar-refractivity contribution is -0.383. The standard InChI is InChI=1S/C37H62O25/c1-2-3-4-5-6-7-8-20(41)54-14-19-24(45)27(48)28(49)35(58-19)60-31-18(13-40)56-34(53)30(51)32(31)59-22(43)10-9-21(42)55-15-37(33(52)25(46)17(12-39)61-37)62-36-29(50)26(47)23(44)16(11-38)57-36/h16-19,23-36,38-40,44-53H,2-15H2,1H3/t16-,17-,18-,19-,23-,24+,25-,26+,27+,28-,29-,30-,31-,32-,33+,34+,35+,36-,37+/m1/s1. The zero-order chi connectivity index (χ0) is 45.9. The van der Waals surface area contributed by atoms with Gasteiger partial charge in [-0.05, 0) is 6.42 Å². The molecule has 0 spiro atoms. The van der Waals surface area contributed by atoms with E-state index in [1.54, 1.807) is 0 Å². The van der Waals surface area contributed by atoms with Crippen LogP contribution in [-0.2, 0) is 57.0 Å². The molecule has 0 bridgehead atoms. The summed E-state index contributed by atoms with van der Waals surface area (Å²) < 4.78 is 48.5. The van der Waals surface area contributed by atoms with Crippen LogP contribution in [-0.4, -0.2) is 234 Å². The summed E-state index contributed by atoms with van der Waals surface area (Å²) in [7, 11) is 0. The lowest BCUT2D eigenvalue weighted by Gasteiger charge is -2.46. The van der Waals surface area contributed by atoms with Gasteiger partial charge in [0.25, 0.3) is 0 Å². The van der Waals surface area contributed by atoms with Crippen LogP contribution in [0.5, 0.6) is 0 Å². The fraction of sp³-hybridized carbons (Fsp3) is 0.919. The van der Waals surface area contributed by atoms with Crippen LogP contribution in [0.4, 0.5) is 0 Å². The molecule has 13 N–H and O–H groups in total. The van der Waals surface area contributed by atoms with Gasteiger partial charge < -0.3 is 109 Å². The Labute approximate surface area is 355 Å². The van der Waals surface area contributed by atoms with Gasteiger partial charge in [0.1, 0.15) is 98.7 Å². The first-order valence-corrected chi connectivity index (χ1v) is 20.5. The number of aliphatic hydroxyl groups excluding tert-OH is 13. The maximum absolute atomic E-state index is 13.1. The van der Waals surface area contributed by atoms with Gasteiger partial charge >= 0.3 is 17.9 Å². The molecule has 0 unspecified atom stereocenters. The predicted molar refractivity (Wildman–Crippen MR) is 196 cm³/mol. The summed E-state index contributed by atoms with van der Waals surface area (Å²) in [4.78, 5) is 38.3. The molecule has 4 aliphatic rings. The number of carbonyl (C=O) groups is 3. The van der Waals surface area contributed by atoms with Gasteiger partial charge in [-0.3, -0.25) is 14.4 Å². The van der Waals surface area contributed by atoms with Crippen molar-refractivity contribution >= 4 is 17.9 Å². The second kappa shape index (κ2) is 24.3. The molecular formula is C37H62O25. The van der Waals surface area contributed by atoms with E-state index in [1.807, 2.05) is 0 Å². The SMILES string of the molecule is CCCCCCCCC(=O)OC[C@H]1O[C@@H](O[C@H]2[C@H](OC(=O)CCC(=O)OC[C@@]3(O[C@H]4O[C@H](CO)[C@@H](O)[C@H](O)[C@H]4O)O[C@H](CO)[C@@H](O)[C@@H]3O)[C@@H](O)[C@@H](O)O[C@@H]2CO)[C@H](O)[C@@H](O)[C@H]1O. The van der Waals surface area contributed by atoms with Gasteiger partial charge in [-0.25, -0.2) is 0 Å². The molecule has 4 fully saturated rings. The number of hydrogen-bond donors (Lipinski definition) is 13. The number of ether oxygens (including phenoxy) is 9. The third-order valence-corrected chi connectivity index (χ3v) is 11.0. The molecule has 4 heterocycles. The monoisotopic (exact) mass is 906 g/mol. The molecule has 0 aromatic rings. The average Bonchev–Trinajstić information content (AvgIpc) is 3.50. The van der Waals surface area contributed by atoms with Gasteiger partial charge in [-0.15, -0.1) is 0 Å². The molecule has 0 saturated carbocycles. The third kappa shape index (κ3) is 12.9. The summed E-state index contributed by atoms with van der Waals surface area (Å²) in [6, 6.07) is 0. The van der Waals surface area contributed by atoms with Crippen molar-refractivity contribution in [1.29, 1.82) is 0 Å². The van der Waals surface area contributed by atoms with Gasteiger partial charge in [0.05, 0.1) is 32.7 Å². The summed E-state index contributed by atoms with van der Waals surface area (Å²) in [6.45, 7) is -2.30. The zero-order valence-corrected chi connectivity index (χ0v) is 34.0. The van der Waals surface area contributed by atoms with Crippen LogP contribution in [0.3, 0.4) is 0 Å². The molecule has 0 radical (unpaired) electrons. The Morgan fingerprint density at radius 1 is 0.532 bits per heavy atom. The number of aliphatic hydroxyl groups is 13. The third-order valence-electron chi connectivity index (χ3n) is 11.0. The highest BCUT2D eigenvalue weighted by Crippen LogP contribution is 2.37. The fourth-order valence-corrected chi connectivity index (χ4v) is 7.26. The maximum atomic E-state index is 13.1. The van der Waals surface area contributed by atoms with Gasteiger partial charge in [0.2, 0.25) is 5.79 Å². The van der Waals surface area contributed by atoms with E-state index in [1.165, 1.54) is 0 Å². The van der Waals surface area contributed by atoms with Crippen molar-refractivity contribution in [3.8, 4) is 0 Å². The summed E-state index contributed by atoms with van der Waals surface area (Å²) >= 11 is 0. The Hall–Kier alpha value is -2.35. The van der Waals surface area contributed by atoms with E-state index in [-0.39, 0.29) is 6.42 Å². The number of carbonyl (C=O) groups excluding carboxylic acids is 3. The van der Waals surface area contributed by atoms with Gasteiger partial charge in [-0.2, -0.15) is 0 Å². The molecule has 25 heteroatoms. The van der Waals surface area contributed by atoms with Crippen LogP contribution in [0.1, 0.15) is 64.7 Å². The topological polar surface area (TPSA) is 397 Å². The van der Waals surface area contributed by atoms with Crippen LogP contribution in [0.2, 0.25) is 0 Å². The number of esters is 3. The van der Waals surface area contributed by atoms with Crippen LogP contribution in [0.15, 0.2) is 0 Å². The van der Waals surface area contributed by atoms with Gasteiger partial charge in [-0.1, -0.05) is 39.0 Å². The fourth-order valence-electron chi connectivity index (χ4n) is 7.26. The van der Waals surface area contributed by atoms with E-state index in [0.29, 0.717) is 6.42 Å². The number of hydrogen-bond acceptors (Lipinski definition) is 25. The normalized spacial score (nSPS) is 41.1. The number of unbranched alkanes of at least 4 members (excludes halogenated alkanes) is 5. The van der Waals surface area contributed by atoms with E-state index in [2.05, 4.69) is 6.92 Å². The summed E-state index contributed by atoms with van der Waals surface area (Å²) in [5, 5.41) is 134. The predicted octanol–water partition coefficient (Wildman–Crippen LogP) is -6.60. The average molecular weight is 907 g/mol. The molecule has 62 heavy (non-hydrogen) atoms. The van der Waals surface area contributed by atoms with Gasteiger partial charge in [0.15, 0.2) is 25.0 Å². The van der Waals surface area contributed by atoms with E-state index in [4.69, 9.17) is 42.6 Å². The molecule has 19 atom stereocenters. The van der Waals surface area contributed by atoms with Crippen molar-refractivity contribution < 1.29 is 123 Å². The minimum absolute atomic E-state index is 0.0795. The molecule has 0 aromatic heterocycles. The van der Waals surface area contributed by atoms with Crippen LogP contribution < -0.4 is 0 Å². The van der Waals surface area contributed by atoms with E-state index in [0.717, 1.165) is 32.1 Å². The highest BCUT2D eigenvalue weighted by atomic mass is 16.8. The number of rotatable bonds is 22. The van der Waals surface area contributed by atoms with Crippen molar-refractivity contribution in [2.24, 2.45) is 0 Å². The van der Waals surface area contributed by atoms with E-state index >= 15 is 0 Å². The zero-order valence-electron chi connectivity index (χ0n) is 34.0. The Balaban J connectivity index is 1.37. The Bertz CT molecular complexity index is 1390. The molecule has 25 nitrogen and oxygen atoms in total. The Kier molecular flexibility index (Phi) is 20.4. The molecule has 4 rings (SSSR count). The maximum Gasteiger partial charge on any atom is 0.306 e.